The molecule has 3 rings (SSSR count). The number of rotatable bonds is 7. The predicted octanol–water partition coefficient (Wildman–Crippen LogP) is 3.48. The van der Waals surface area contributed by atoms with E-state index in [0.717, 1.165) is 11.7 Å². The van der Waals surface area contributed by atoms with Gasteiger partial charge in [-0.2, -0.15) is 0 Å². The van der Waals surface area contributed by atoms with Gasteiger partial charge in [0.2, 0.25) is 0 Å². The molecule has 0 aliphatic carbocycles. The van der Waals surface area contributed by atoms with E-state index in [1.54, 1.807) is 0 Å². The molecule has 0 saturated carbocycles. The first-order chi connectivity index (χ1) is 12.3. The normalized spacial score (nSPS) is 11.7. The summed E-state index contributed by atoms with van der Waals surface area (Å²) in [5, 5.41) is 4.21. The SMILES string of the molecule is O=C(N[C@H](C[Se]c1ccccc1)Cc1ccccc1)c1ccccc1. The average molecular weight is 394 g/mol. The van der Waals surface area contributed by atoms with Gasteiger partial charge in [0, 0.05) is 0 Å². The molecule has 0 heterocycles. The Balaban J connectivity index is 1.68. The van der Waals surface area contributed by atoms with Gasteiger partial charge in [-0.15, -0.1) is 0 Å². The van der Waals surface area contributed by atoms with Gasteiger partial charge in [-0.25, -0.2) is 0 Å². The summed E-state index contributed by atoms with van der Waals surface area (Å²) in [5.41, 5.74) is 1.97. The van der Waals surface area contributed by atoms with E-state index < -0.39 is 0 Å². The van der Waals surface area contributed by atoms with E-state index in [4.69, 9.17) is 0 Å². The van der Waals surface area contributed by atoms with Gasteiger partial charge in [0.05, 0.1) is 0 Å². The van der Waals surface area contributed by atoms with Crippen LogP contribution in [0.3, 0.4) is 0 Å². The molecule has 0 aliphatic heterocycles. The second kappa shape index (κ2) is 9.22. The van der Waals surface area contributed by atoms with Crippen LogP contribution in [0.2, 0.25) is 5.32 Å². The standard InChI is InChI=1S/C22H21NOSe/c24-22(19-12-6-2-7-13-19)23-20(16-18-10-4-1-5-11-18)17-25-21-14-8-3-9-15-21/h1-15,20H,16-17H2,(H,23,24)/t20-/m0/s1. The number of benzene rings is 3. The molecule has 3 heteroatoms. The zero-order valence-electron chi connectivity index (χ0n) is 14.0. The molecule has 0 aromatic heterocycles. The fourth-order valence-electron chi connectivity index (χ4n) is 2.62. The molecular formula is C22H21NOSe. The Morgan fingerprint density at radius 2 is 1.36 bits per heavy atom. The third-order valence-electron chi connectivity index (χ3n) is 3.89. The van der Waals surface area contributed by atoms with Crippen molar-refractivity contribution in [2.75, 3.05) is 0 Å². The van der Waals surface area contributed by atoms with Crippen LogP contribution in [0.5, 0.6) is 0 Å². The molecule has 126 valence electrons. The van der Waals surface area contributed by atoms with Crippen molar-refractivity contribution in [2.24, 2.45) is 0 Å². The van der Waals surface area contributed by atoms with Crippen LogP contribution in [-0.2, 0) is 6.42 Å². The number of carbonyl (C=O) groups is 1. The van der Waals surface area contributed by atoms with Crippen LogP contribution in [0.4, 0.5) is 0 Å². The minimum absolute atomic E-state index is 0.00499. The van der Waals surface area contributed by atoms with Crippen LogP contribution in [0.1, 0.15) is 15.9 Å². The summed E-state index contributed by atoms with van der Waals surface area (Å²) in [5.74, 6) is 0.00499. The zero-order chi connectivity index (χ0) is 17.3. The van der Waals surface area contributed by atoms with E-state index in [0.29, 0.717) is 20.5 Å². The number of amides is 1. The van der Waals surface area contributed by atoms with Crippen LogP contribution < -0.4 is 9.78 Å². The van der Waals surface area contributed by atoms with Crippen molar-refractivity contribution in [3.05, 3.63) is 102 Å². The van der Waals surface area contributed by atoms with Crippen molar-refractivity contribution in [2.45, 2.75) is 17.8 Å². The quantitative estimate of drug-likeness (QED) is 0.611. The van der Waals surface area contributed by atoms with Crippen LogP contribution in [0, 0.1) is 0 Å². The van der Waals surface area contributed by atoms with Crippen molar-refractivity contribution >= 4 is 25.3 Å². The second-order valence-corrected chi connectivity index (χ2v) is 8.14. The van der Waals surface area contributed by atoms with Crippen molar-refractivity contribution in [1.29, 1.82) is 0 Å². The number of hydrogen-bond donors (Lipinski definition) is 1. The van der Waals surface area contributed by atoms with E-state index in [9.17, 15) is 4.79 Å². The van der Waals surface area contributed by atoms with Gasteiger partial charge in [-0.3, -0.25) is 0 Å². The summed E-state index contributed by atoms with van der Waals surface area (Å²) < 4.78 is 1.36. The number of carbonyl (C=O) groups excluding carboxylic acids is 1. The molecule has 25 heavy (non-hydrogen) atoms. The fraction of sp³-hybridized carbons (Fsp3) is 0.136. The maximum absolute atomic E-state index is 12.6. The molecule has 0 unspecified atom stereocenters. The molecule has 1 atom stereocenters. The van der Waals surface area contributed by atoms with Crippen molar-refractivity contribution in [1.82, 2.24) is 5.32 Å². The Kier molecular flexibility index (Phi) is 6.44. The molecule has 3 aromatic rings. The molecule has 0 bridgehead atoms. The first-order valence-electron chi connectivity index (χ1n) is 8.39. The van der Waals surface area contributed by atoms with Crippen LogP contribution in [0.15, 0.2) is 91.0 Å². The summed E-state index contributed by atoms with van der Waals surface area (Å²) in [6, 6.07) is 30.5. The van der Waals surface area contributed by atoms with Gasteiger partial charge >= 0.3 is 155 Å². The predicted molar refractivity (Wildman–Crippen MR) is 104 cm³/mol. The van der Waals surface area contributed by atoms with E-state index in [1.807, 2.05) is 54.6 Å². The first kappa shape index (κ1) is 17.5. The fourth-order valence-corrected chi connectivity index (χ4v) is 4.60. The molecule has 0 saturated heterocycles. The van der Waals surface area contributed by atoms with Crippen LogP contribution in [0.25, 0.3) is 0 Å². The summed E-state index contributed by atoms with van der Waals surface area (Å²) in [7, 11) is 0. The second-order valence-electron chi connectivity index (χ2n) is 5.85. The molecule has 0 aliphatic rings. The topological polar surface area (TPSA) is 29.1 Å². The third kappa shape index (κ3) is 5.60. The van der Waals surface area contributed by atoms with Gasteiger partial charge in [0.15, 0.2) is 0 Å². The molecular weight excluding hydrogens is 373 g/mol. The average Bonchev–Trinajstić information content (AvgIpc) is 2.68. The Morgan fingerprint density at radius 1 is 0.800 bits per heavy atom. The van der Waals surface area contributed by atoms with E-state index >= 15 is 0 Å². The van der Waals surface area contributed by atoms with Crippen LogP contribution in [-0.4, -0.2) is 26.9 Å². The van der Waals surface area contributed by atoms with Crippen molar-refractivity contribution in [3.8, 4) is 0 Å². The molecule has 0 spiro atoms. The molecule has 2 nitrogen and oxygen atoms in total. The summed E-state index contributed by atoms with van der Waals surface area (Å²) in [4.78, 5) is 12.6. The maximum atomic E-state index is 12.6. The van der Waals surface area contributed by atoms with E-state index in [2.05, 4.69) is 41.7 Å². The van der Waals surface area contributed by atoms with E-state index in [-0.39, 0.29) is 11.9 Å². The van der Waals surface area contributed by atoms with Gasteiger partial charge in [0.1, 0.15) is 0 Å². The van der Waals surface area contributed by atoms with E-state index in [1.165, 1.54) is 10.0 Å². The summed E-state index contributed by atoms with van der Waals surface area (Å²) >= 11 is 0.338. The zero-order valence-corrected chi connectivity index (χ0v) is 15.7. The number of nitrogens with one attached hydrogen (secondary N) is 1. The Bertz CT molecular complexity index is 775. The van der Waals surface area contributed by atoms with Gasteiger partial charge in [0.25, 0.3) is 0 Å². The Morgan fingerprint density at radius 3 is 2.00 bits per heavy atom. The summed E-state index contributed by atoms with van der Waals surface area (Å²) in [6.45, 7) is 0. The van der Waals surface area contributed by atoms with Gasteiger partial charge < -0.3 is 0 Å². The minimum atomic E-state index is 0.00499. The molecule has 1 amide bonds. The monoisotopic (exact) mass is 395 g/mol. The summed E-state index contributed by atoms with van der Waals surface area (Å²) in [6.07, 6.45) is 0.855. The Labute approximate surface area is 155 Å². The molecule has 3 aromatic carbocycles. The van der Waals surface area contributed by atoms with Crippen molar-refractivity contribution < 1.29 is 4.79 Å². The van der Waals surface area contributed by atoms with Crippen molar-refractivity contribution in [3.63, 3.8) is 0 Å². The van der Waals surface area contributed by atoms with Gasteiger partial charge in [-0.05, 0) is 0 Å². The van der Waals surface area contributed by atoms with Crippen LogP contribution >= 0.6 is 0 Å². The molecule has 1 N–H and O–H groups in total. The molecule has 0 radical (unpaired) electrons. The first-order valence-corrected chi connectivity index (χ1v) is 10.5. The number of hydrogen-bond acceptors (Lipinski definition) is 1. The third-order valence-corrected chi connectivity index (χ3v) is 6.35. The Hall–Kier alpha value is -2.35. The molecule has 0 fully saturated rings. The van der Waals surface area contributed by atoms with Gasteiger partial charge in [-0.1, -0.05) is 0 Å².